The van der Waals surface area contributed by atoms with Gasteiger partial charge in [0, 0.05) is 17.2 Å². The summed E-state index contributed by atoms with van der Waals surface area (Å²) in [4.78, 5) is 12.9. The quantitative estimate of drug-likeness (QED) is 0.922. The maximum atomic E-state index is 11.9. The van der Waals surface area contributed by atoms with Gasteiger partial charge in [-0.15, -0.1) is 11.3 Å². The molecule has 1 aliphatic carbocycles. The Kier molecular flexibility index (Phi) is 4.62. The van der Waals surface area contributed by atoms with Crippen molar-refractivity contribution in [2.24, 2.45) is 0 Å². The molecule has 0 aliphatic heterocycles. The molecule has 0 bridgehead atoms. The Morgan fingerprint density at radius 1 is 1.47 bits per heavy atom. The summed E-state index contributed by atoms with van der Waals surface area (Å²) < 4.78 is 23.1. The fourth-order valence-electron chi connectivity index (χ4n) is 2.52. The zero-order valence-corrected chi connectivity index (χ0v) is 12.6. The normalized spacial score (nSPS) is 24.1. The molecule has 1 N–H and O–H groups in total. The maximum absolute atomic E-state index is 11.9. The van der Waals surface area contributed by atoms with Crippen molar-refractivity contribution in [1.29, 1.82) is 0 Å². The van der Waals surface area contributed by atoms with E-state index in [0.717, 1.165) is 24.1 Å². The smallest absolute Gasteiger partial charge is 0.225 e. The third kappa shape index (κ3) is 4.31. The lowest BCUT2D eigenvalue weighted by atomic mass is 9.95. The minimum absolute atomic E-state index is 0.000868. The predicted molar refractivity (Wildman–Crippen MR) is 77.1 cm³/mol. The van der Waals surface area contributed by atoms with Crippen LogP contribution in [0.3, 0.4) is 0 Å². The summed E-state index contributed by atoms with van der Waals surface area (Å²) in [6.45, 7) is 0. The Labute approximate surface area is 118 Å². The molecule has 1 heterocycles. The van der Waals surface area contributed by atoms with E-state index in [1.807, 2.05) is 17.5 Å². The van der Waals surface area contributed by atoms with Crippen molar-refractivity contribution < 1.29 is 13.2 Å². The zero-order valence-electron chi connectivity index (χ0n) is 11.0. The lowest BCUT2D eigenvalue weighted by molar-refractivity contribution is -0.121. The summed E-state index contributed by atoms with van der Waals surface area (Å²) in [5.74, 6) is -0.0124. The second-order valence-corrected chi connectivity index (χ2v) is 8.50. The predicted octanol–water partition coefficient (Wildman–Crippen LogP) is 1.76. The zero-order chi connectivity index (χ0) is 13.9. The monoisotopic (exact) mass is 301 g/mol. The van der Waals surface area contributed by atoms with Crippen LogP contribution in [-0.4, -0.2) is 31.9 Å². The van der Waals surface area contributed by atoms with E-state index in [4.69, 9.17) is 0 Å². The highest BCUT2D eigenvalue weighted by Crippen LogP contribution is 2.24. The fraction of sp³-hybridized carbons (Fsp3) is 0.615. The SMILES string of the molecule is CS(=O)(=O)C1CCCC(NC(=O)Cc2cccs2)C1. The number of sulfone groups is 1. The summed E-state index contributed by atoms with van der Waals surface area (Å²) in [5.41, 5.74) is 0. The number of thiophene rings is 1. The first kappa shape index (κ1) is 14.5. The number of nitrogens with one attached hydrogen (secondary N) is 1. The third-order valence-electron chi connectivity index (χ3n) is 3.51. The Bertz CT molecular complexity index is 522. The van der Waals surface area contributed by atoms with E-state index >= 15 is 0 Å². The van der Waals surface area contributed by atoms with E-state index in [0.29, 0.717) is 12.8 Å². The Hall–Kier alpha value is -0.880. The molecule has 1 amide bonds. The van der Waals surface area contributed by atoms with Gasteiger partial charge < -0.3 is 5.32 Å². The van der Waals surface area contributed by atoms with Gasteiger partial charge in [-0.3, -0.25) is 4.79 Å². The Morgan fingerprint density at radius 2 is 2.26 bits per heavy atom. The largest absolute Gasteiger partial charge is 0.353 e. The van der Waals surface area contributed by atoms with Gasteiger partial charge in [-0.2, -0.15) is 0 Å². The van der Waals surface area contributed by atoms with Crippen molar-refractivity contribution in [2.75, 3.05) is 6.26 Å². The standard InChI is InChI=1S/C13H19NO3S2/c1-19(16,17)12-6-2-4-10(8-12)14-13(15)9-11-5-3-7-18-11/h3,5,7,10,12H,2,4,6,8-9H2,1H3,(H,14,15). The van der Waals surface area contributed by atoms with E-state index < -0.39 is 9.84 Å². The number of carbonyl (C=O) groups excluding carboxylic acids is 1. The molecular weight excluding hydrogens is 282 g/mol. The second-order valence-electron chi connectivity index (χ2n) is 5.14. The molecular formula is C13H19NO3S2. The van der Waals surface area contributed by atoms with Crippen LogP contribution in [0.25, 0.3) is 0 Å². The molecule has 19 heavy (non-hydrogen) atoms. The molecule has 1 saturated carbocycles. The van der Waals surface area contributed by atoms with E-state index in [9.17, 15) is 13.2 Å². The summed E-state index contributed by atoms with van der Waals surface area (Å²) in [7, 11) is -2.99. The first-order chi connectivity index (χ1) is 8.95. The van der Waals surface area contributed by atoms with Gasteiger partial charge in [-0.25, -0.2) is 8.42 Å². The number of rotatable bonds is 4. The summed E-state index contributed by atoms with van der Waals surface area (Å²) in [6, 6.07) is 3.86. The number of hydrogen-bond donors (Lipinski definition) is 1. The molecule has 0 radical (unpaired) electrons. The molecule has 0 saturated heterocycles. The molecule has 2 atom stereocenters. The van der Waals surface area contributed by atoms with Crippen LogP contribution in [0.1, 0.15) is 30.6 Å². The van der Waals surface area contributed by atoms with Crippen molar-refractivity contribution >= 4 is 27.1 Å². The van der Waals surface area contributed by atoms with Crippen LogP contribution >= 0.6 is 11.3 Å². The van der Waals surface area contributed by atoms with Gasteiger partial charge in [0.15, 0.2) is 0 Å². The molecule has 4 nitrogen and oxygen atoms in total. The second kappa shape index (κ2) is 6.05. The first-order valence-corrected chi connectivity index (χ1v) is 9.29. The molecule has 6 heteroatoms. The molecule has 0 aromatic carbocycles. The van der Waals surface area contributed by atoms with Gasteiger partial charge in [-0.05, 0) is 30.7 Å². The van der Waals surface area contributed by atoms with Gasteiger partial charge in [0.2, 0.25) is 5.91 Å². The molecule has 106 valence electrons. The van der Waals surface area contributed by atoms with Crippen LogP contribution in [0, 0.1) is 0 Å². The molecule has 2 rings (SSSR count). The number of carbonyl (C=O) groups is 1. The van der Waals surface area contributed by atoms with Crippen molar-refractivity contribution in [3.63, 3.8) is 0 Å². The molecule has 1 aromatic heterocycles. The summed E-state index contributed by atoms with van der Waals surface area (Å²) >= 11 is 1.56. The van der Waals surface area contributed by atoms with E-state index in [1.54, 1.807) is 11.3 Å². The first-order valence-electron chi connectivity index (χ1n) is 6.46. The molecule has 2 unspecified atom stereocenters. The van der Waals surface area contributed by atoms with Crippen LogP contribution in [0.2, 0.25) is 0 Å². The molecule has 1 aliphatic rings. The summed E-state index contributed by atoms with van der Waals surface area (Å²) in [5, 5.41) is 4.61. The molecule has 1 aromatic rings. The van der Waals surface area contributed by atoms with Crippen LogP contribution < -0.4 is 5.32 Å². The van der Waals surface area contributed by atoms with E-state index in [-0.39, 0.29) is 17.2 Å². The van der Waals surface area contributed by atoms with Gasteiger partial charge in [0.05, 0.1) is 11.7 Å². The van der Waals surface area contributed by atoms with Gasteiger partial charge >= 0.3 is 0 Å². The maximum Gasteiger partial charge on any atom is 0.225 e. The average Bonchev–Trinajstić information content (AvgIpc) is 2.80. The Morgan fingerprint density at radius 3 is 2.89 bits per heavy atom. The minimum atomic E-state index is -2.99. The highest BCUT2D eigenvalue weighted by Gasteiger charge is 2.29. The minimum Gasteiger partial charge on any atom is -0.353 e. The summed E-state index contributed by atoms with van der Waals surface area (Å²) in [6.07, 6.45) is 4.68. The van der Waals surface area contributed by atoms with Crippen molar-refractivity contribution in [1.82, 2.24) is 5.32 Å². The topological polar surface area (TPSA) is 63.2 Å². The lowest BCUT2D eigenvalue weighted by Crippen LogP contribution is -2.42. The highest BCUT2D eigenvalue weighted by molar-refractivity contribution is 7.91. The number of amides is 1. The van der Waals surface area contributed by atoms with Crippen molar-refractivity contribution in [3.05, 3.63) is 22.4 Å². The van der Waals surface area contributed by atoms with Crippen molar-refractivity contribution in [3.8, 4) is 0 Å². The Balaban J connectivity index is 1.87. The number of hydrogen-bond acceptors (Lipinski definition) is 4. The average molecular weight is 301 g/mol. The van der Waals surface area contributed by atoms with Crippen LogP contribution in [0.15, 0.2) is 17.5 Å². The van der Waals surface area contributed by atoms with Gasteiger partial charge in [0.25, 0.3) is 0 Å². The third-order valence-corrected chi connectivity index (χ3v) is 6.03. The lowest BCUT2D eigenvalue weighted by Gasteiger charge is -2.28. The van der Waals surface area contributed by atoms with Gasteiger partial charge in [-0.1, -0.05) is 12.5 Å². The van der Waals surface area contributed by atoms with Crippen molar-refractivity contribution in [2.45, 2.75) is 43.4 Å². The van der Waals surface area contributed by atoms with Gasteiger partial charge in [0.1, 0.15) is 9.84 Å². The molecule has 1 fully saturated rings. The highest BCUT2D eigenvalue weighted by atomic mass is 32.2. The van der Waals surface area contributed by atoms with Crippen LogP contribution in [0.5, 0.6) is 0 Å². The van der Waals surface area contributed by atoms with E-state index in [2.05, 4.69) is 5.32 Å². The van der Waals surface area contributed by atoms with Crippen LogP contribution in [-0.2, 0) is 21.1 Å². The van der Waals surface area contributed by atoms with Crippen LogP contribution in [0.4, 0.5) is 0 Å². The van der Waals surface area contributed by atoms with E-state index in [1.165, 1.54) is 6.26 Å². The molecule has 0 spiro atoms. The fourth-order valence-corrected chi connectivity index (χ4v) is 4.40.